The van der Waals surface area contributed by atoms with Gasteiger partial charge in [0.05, 0.1) is 5.69 Å². The molecule has 0 radical (unpaired) electrons. The standard InChI is InChI=1S/C23H26FN3O4/c1-23(2,3)31-22(30)27-19-13-16(9-10-17(19)24)25-20(28)11-8-15-12-14-6-4-5-7-18(14)26-21(15)29/h4-7,9-10,13,15H,8,11-12H2,1-3H3,(H,25,28)(H,26,29)(H,27,30). The number of carbonyl (C=O) groups excluding carboxylic acids is 3. The molecule has 1 atom stereocenters. The Bertz CT molecular complexity index is 1000. The highest BCUT2D eigenvalue weighted by atomic mass is 19.1. The number of halogens is 1. The van der Waals surface area contributed by atoms with Crippen LogP contribution in [0.1, 0.15) is 39.2 Å². The molecule has 2 aromatic carbocycles. The highest BCUT2D eigenvalue weighted by Crippen LogP contribution is 2.28. The Morgan fingerprint density at radius 3 is 2.65 bits per heavy atom. The molecule has 1 heterocycles. The van der Waals surface area contributed by atoms with E-state index in [0.29, 0.717) is 18.5 Å². The van der Waals surface area contributed by atoms with Gasteiger partial charge in [-0.1, -0.05) is 18.2 Å². The molecule has 3 amide bonds. The van der Waals surface area contributed by atoms with E-state index in [1.807, 2.05) is 24.3 Å². The number of rotatable bonds is 5. The third-order valence-corrected chi connectivity index (χ3v) is 4.72. The van der Waals surface area contributed by atoms with Gasteiger partial charge in [0.1, 0.15) is 11.4 Å². The van der Waals surface area contributed by atoms with Crippen molar-refractivity contribution in [3.63, 3.8) is 0 Å². The molecule has 0 aromatic heterocycles. The molecular formula is C23H26FN3O4. The van der Waals surface area contributed by atoms with E-state index in [1.54, 1.807) is 20.8 Å². The van der Waals surface area contributed by atoms with E-state index in [2.05, 4.69) is 16.0 Å². The summed E-state index contributed by atoms with van der Waals surface area (Å²) in [5.41, 5.74) is 1.36. The highest BCUT2D eigenvalue weighted by molar-refractivity contribution is 5.97. The Labute approximate surface area is 180 Å². The van der Waals surface area contributed by atoms with Crippen LogP contribution in [0.3, 0.4) is 0 Å². The summed E-state index contributed by atoms with van der Waals surface area (Å²) < 4.78 is 19.1. The lowest BCUT2D eigenvalue weighted by atomic mass is 9.89. The second kappa shape index (κ2) is 9.16. The molecule has 0 spiro atoms. The van der Waals surface area contributed by atoms with Crippen molar-refractivity contribution < 1.29 is 23.5 Å². The topological polar surface area (TPSA) is 96.5 Å². The molecule has 164 valence electrons. The molecule has 3 rings (SSSR count). The van der Waals surface area contributed by atoms with Gasteiger partial charge >= 0.3 is 6.09 Å². The summed E-state index contributed by atoms with van der Waals surface area (Å²) in [5, 5.41) is 7.88. The molecule has 0 saturated heterocycles. The molecule has 1 aliphatic rings. The molecule has 1 aliphatic heterocycles. The zero-order valence-electron chi connectivity index (χ0n) is 17.8. The van der Waals surface area contributed by atoms with Crippen LogP contribution in [0.4, 0.5) is 26.2 Å². The van der Waals surface area contributed by atoms with Crippen LogP contribution in [0.5, 0.6) is 0 Å². The lowest BCUT2D eigenvalue weighted by Crippen LogP contribution is -2.30. The first-order valence-corrected chi connectivity index (χ1v) is 10.1. The van der Waals surface area contributed by atoms with E-state index in [4.69, 9.17) is 4.74 Å². The number of ether oxygens (including phenoxy) is 1. The van der Waals surface area contributed by atoms with Gasteiger partial charge in [0, 0.05) is 23.7 Å². The van der Waals surface area contributed by atoms with Crippen LogP contribution in [0, 0.1) is 11.7 Å². The zero-order chi connectivity index (χ0) is 22.6. The van der Waals surface area contributed by atoms with E-state index in [9.17, 15) is 18.8 Å². The summed E-state index contributed by atoms with van der Waals surface area (Å²) in [7, 11) is 0. The summed E-state index contributed by atoms with van der Waals surface area (Å²) in [6, 6.07) is 11.5. The Morgan fingerprint density at radius 2 is 1.90 bits per heavy atom. The van der Waals surface area contributed by atoms with Crippen LogP contribution in [-0.2, 0) is 20.7 Å². The second-order valence-electron chi connectivity index (χ2n) is 8.46. The molecule has 0 aliphatic carbocycles. The molecule has 31 heavy (non-hydrogen) atoms. The predicted molar refractivity (Wildman–Crippen MR) is 116 cm³/mol. The third kappa shape index (κ3) is 6.28. The molecule has 8 heteroatoms. The zero-order valence-corrected chi connectivity index (χ0v) is 17.8. The van der Waals surface area contributed by atoms with Crippen molar-refractivity contribution in [2.75, 3.05) is 16.0 Å². The summed E-state index contributed by atoms with van der Waals surface area (Å²) in [6.07, 6.45) is 0.303. The second-order valence-corrected chi connectivity index (χ2v) is 8.46. The minimum Gasteiger partial charge on any atom is -0.444 e. The number of hydrogen-bond donors (Lipinski definition) is 3. The molecule has 2 aromatic rings. The smallest absolute Gasteiger partial charge is 0.412 e. The largest absolute Gasteiger partial charge is 0.444 e. The van der Waals surface area contributed by atoms with Crippen LogP contribution in [0.2, 0.25) is 0 Å². The Morgan fingerprint density at radius 1 is 1.16 bits per heavy atom. The fraction of sp³-hybridized carbons (Fsp3) is 0.348. The fourth-order valence-corrected chi connectivity index (χ4v) is 3.29. The van der Waals surface area contributed by atoms with E-state index in [1.165, 1.54) is 12.1 Å². The number of anilines is 3. The van der Waals surface area contributed by atoms with Crippen LogP contribution < -0.4 is 16.0 Å². The SMILES string of the molecule is CC(C)(C)OC(=O)Nc1cc(NC(=O)CCC2Cc3ccccc3NC2=O)ccc1F. The van der Waals surface area contributed by atoms with Crippen molar-refractivity contribution in [3.05, 3.63) is 53.8 Å². The van der Waals surface area contributed by atoms with Crippen molar-refractivity contribution in [2.24, 2.45) is 5.92 Å². The van der Waals surface area contributed by atoms with Gasteiger partial charge in [0.15, 0.2) is 0 Å². The Hall–Kier alpha value is -3.42. The number of fused-ring (bicyclic) bond motifs is 1. The third-order valence-electron chi connectivity index (χ3n) is 4.72. The number of para-hydroxylation sites is 1. The van der Waals surface area contributed by atoms with E-state index >= 15 is 0 Å². The Balaban J connectivity index is 1.56. The van der Waals surface area contributed by atoms with Crippen LogP contribution >= 0.6 is 0 Å². The van der Waals surface area contributed by atoms with Crippen molar-refractivity contribution in [1.82, 2.24) is 0 Å². The van der Waals surface area contributed by atoms with Gasteiger partial charge in [-0.25, -0.2) is 9.18 Å². The summed E-state index contributed by atoms with van der Waals surface area (Å²) in [6.45, 7) is 5.10. The molecule has 3 N–H and O–H groups in total. The van der Waals surface area contributed by atoms with Gasteiger partial charge in [-0.2, -0.15) is 0 Å². The van der Waals surface area contributed by atoms with Gasteiger partial charge in [0.2, 0.25) is 11.8 Å². The van der Waals surface area contributed by atoms with Crippen molar-refractivity contribution in [2.45, 2.75) is 45.6 Å². The van der Waals surface area contributed by atoms with E-state index < -0.39 is 17.5 Å². The number of nitrogens with one attached hydrogen (secondary N) is 3. The first kappa shape index (κ1) is 22.3. The monoisotopic (exact) mass is 427 g/mol. The van der Waals surface area contributed by atoms with Gasteiger partial charge in [-0.05, 0) is 63.4 Å². The minimum absolute atomic E-state index is 0.0999. The summed E-state index contributed by atoms with van der Waals surface area (Å²) >= 11 is 0. The minimum atomic E-state index is -0.793. The van der Waals surface area contributed by atoms with Gasteiger partial charge in [-0.3, -0.25) is 14.9 Å². The lowest BCUT2D eigenvalue weighted by Gasteiger charge is -2.24. The summed E-state index contributed by atoms with van der Waals surface area (Å²) in [4.78, 5) is 36.5. The molecule has 7 nitrogen and oxygen atoms in total. The maximum absolute atomic E-state index is 14.0. The molecular weight excluding hydrogens is 401 g/mol. The predicted octanol–water partition coefficient (Wildman–Crippen LogP) is 4.70. The van der Waals surface area contributed by atoms with Crippen LogP contribution in [0.15, 0.2) is 42.5 Å². The average Bonchev–Trinajstić information content (AvgIpc) is 2.67. The van der Waals surface area contributed by atoms with Gasteiger partial charge in [-0.15, -0.1) is 0 Å². The maximum Gasteiger partial charge on any atom is 0.412 e. The van der Waals surface area contributed by atoms with Crippen LogP contribution in [0.25, 0.3) is 0 Å². The van der Waals surface area contributed by atoms with E-state index in [0.717, 1.165) is 17.3 Å². The molecule has 1 unspecified atom stereocenters. The first-order valence-electron chi connectivity index (χ1n) is 10.1. The van der Waals surface area contributed by atoms with Gasteiger partial charge < -0.3 is 15.4 Å². The molecule has 0 fully saturated rings. The lowest BCUT2D eigenvalue weighted by molar-refractivity contribution is -0.121. The maximum atomic E-state index is 14.0. The van der Waals surface area contributed by atoms with Gasteiger partial charge in [0.25, 0.3) is 0 Å². The number of carbonyl (C=O) groups is 3. The molecule has 0 bridgehead atoms. The summed E-state index contributed by atoms with van der Waals surface area (Å²) in [5.74, 6) is -1.35. The van der Waals surface area contributed by atoms with Crippen LogP contribution in [-0.4, -0.2) is 23.5 Å². The number of amides is 3. The average molecular weight is 427 g/mol. The normalized spacial score (nSPS) is 15.5. The fourth-order valence-electron chi connectivity index (χ4n) is 3.29. The van der Waals surface area contributed by atoms with Crippen molar-refractivity contribution in [3.8, 4) is 0 Å². The van der Waals surface area contributed by atoms with Crippen molar-refractivity contribution >= 4 is 35.0 Å². The number of hydrogen-bond acceptors (Lipinski definition) is 4. The van der Waals surface area contributed by atoms with Crippen molar-refractivity contribution in [1.29, 1.82) is 0 Å². The number of benzene rings is 2. The Kier molecular flexibility index (Phi) is 6.58. The highest BCUT2D eigenvalue weighted by Gasteiger charge is 2.26. The quantitative estimate of drug-likeness (QED) is 0.644. The van der Waals surface area contributed by atoms with E-state index in [-0.39, 0.29) is 29.8 Å². The molecule has 0 saturated carbocycles. The first-order chi connectivity index (χ1) is 14.6.